The highest BCUT2D eigenvalue weighted by atomic mass is 127. The molecule has 0 aliphatic carbocycles. The molecule has 0 aliphatic heterocycles. The molecule has 0 saturated heterocycles. The normalized spacial score (nSPS) is 11.6. The third kappa shape index (κ3) is 8.46. The van der Waals surface area contributed by atoms with Crippen LogP contribution in [0.5, 0.6) is 0 Å². The molecule has 1 heterocycles. The lowest BCUT2D eigenvalue weighted by Gasteiger charge is -2.11. The summed E-state index contributed by atoms with van der Waals surface area (Å²) < 4.78 is 37.8. The van der Waals surface area contributed by atoms with Crippen LogP contribution in [0, 0.1) is 0 Å². The molecule has 1 aromatic heterocycles. The maximum absolute atomic E-state index is 12.6. The van der Waals surface area contributed by atoms with Crippen LogP contribution in [0.25, 0.3) is 0 Å². The number of thiazole rings is 1. The maximum atomic E-state index is 12.6. The summed E-state index contributed by atoms with van der Waals surface area (Å²) in [4.78, 5) is 19.6. The van der Waals surface area contributed by atoms with Crippen LogP contribution in [0.2, 0.25) is 0 Å². The Kier molecular flexibility index (Phi) is 11.1. The Hall–Kier alpha value is -1.89. The molecule has 0 aliphatic rings. The Morgan fingerprint density at radius 2 is 1.80 bits per heavy atom. The van der Waals surface area contributed by atoms with Crippen LogP contribution >= 0.6 is 35.3 Å². The van der Waals surface area contributed by atoms with Gasteiger partial charge in [0.25, 0.3) is 5.91 Å². The van der Waals surface area contributed by atoms with Crippen molar-refractivity contribution in [3.05, 3.63) is 51.5 Å². The van der Waals surface area contributed by atoms with Crippen molar-refractivity contribution in [2.45, 2.75) is 39.0 Å². The summed E-state index contributed by atoms with van der Waals surface area (Å²) in [6.07, 6.45) is -2.47. The number of nitrogens with one attached hydrogen (secondary N) is 3. The summed E-state index contributed by atoms with van der Waals surface area (Å²) in [6.45, 7) is 3.30. The Labute approximate surface area is 194 Å². The first-order valence-corrected chi connectivity index (χ1v) is 10.0. The number of halogens is 4. The summed E-state index contributed by atoms with van der Waals surface area (Å²) in [5, 5.41) is 10.2. The number of carbonyl (C=O) groups is 1. The molecular weight excluding hydrogens is 530 g/mol. The van der Waals surface area contributed by atoms with Crippen LogP contribution in [0.4, 0.5) is 13.2 Å². The van der Waals surface area contributed by atoms with Gasteiger partial charge in [0.05, 0.1) is 6.54 Å². The largest absolute Gasteiger partial charge is 0.434 e. The second kappa shape index (κ2) is 12.7. The zero-order valence-electron chi connectivity index (χ0n) is 16.7. The Morgan fingerprint density at radius 3 is 2.37 bits per heavy atom. The molecule has 0 bridgehead atoms. The van der Waals surface area contributed by atoms with Gasteiger partial charge in [0.1, 0.15) is 5.01 Å². The first-order chi connectivity index (χ1) is 13.8. The topological polar surface area (TPSA) is 78.4 Å². The number of aliphatic imine (C=N–C) groups is 1. The number of rotatable bonds is 8. The maximum Gasteiger partial charge on any atom is 0.434 e. The van der Waals surface area contributed by atoms with E-state index in [1.54, 1.807) is 19.2 Å². The van der Waals surface area contributed by atoms with Crippen molar-refractivity contribution in [1.82, 2.24) is 20.9 Å². The highest BCUT2D eigenvalue weighted by Gasteiger charge is 2.33. The molecule has 30 heavy (non-hydrogen) atoms. The van der Waals surface area contributed by atoms with Crippen molar-refractivity contribution in [3.63, 3.8) is 0 Å². The summed E-state index contributed by atoms with van der Waals surface area (Å²) in [5.74, 6) is 0.340. The van der Waals surface area contributed by atoms with E-state index in [1.807, 2.05) is 12.1 Å². The van der Waals surface area contributed by atoms with Crippen LogP contribution in [0.3, 0.4) is 0 Å². The van der Waals surface area contributed by atoms with Gasteiger partial charge in [-0.05, 0) is 24.1 Å². The Bertz CT molecular complexity index is 824. The second-order valence-electron chi connectivity index (χ2n) is 6.21. The molecule has 0 unspecified atom stereocenters. The van der Waals surface area contributed by atoms with E-state index in [9.17, 15) is 18.0 Å². The molecule has 0 radical (unpaired) electrons. The lowest BCUT2D eigenvalue weighted by atomic mass is 10.1. The fourth-order valence-corrected chi connectivity index (χ4v) is 3.08. The average Bonchev–Trinajstić information content (AvgIpc) is 3.18. The average molecular weight is 555 g/mol. The van der Waals surface area contributed by atoms with Gasteiger partial charge in [-0.15, -0.1) is 35.3 Å². The van der Waals surface area contributed by atoms with E-state index in [2.05, 4.69) is 32.9 Å². The van der Waals surface area contributed by atoms with Gasteiger partial charge in [-0.1, -0.05) is 25.5 Å². The number of hydrogen-bond donors (Lipinski definition) is 3. The van der Waals surface area contributed by atoms with E-state index in [4.69, 9.17) is 0 Å². The lowest BCUT2D eigenvalue weighted by molar-refractivity contribution is -0.140. The summed E-state index contributed by atoms with van der Waals surface area (Å²) >= 11 is 0.940. The third-order valence-electron chi connectivity index (χ3n) is 3.96. The van der Waals surface area contributed by atoms with E-state index in [0.29, 0.717) is 29.6 Å². The number of hydrogen-bond acceptors (Lipinski definition) is 4. The predicted molar refractivity (Wildman–Crippen MR) is 123 cm³/mol. The molecule has 11 heteroatoms. The van der Waals surface area contributed by atoms with Crippen LogP contribution in [0.15, 0.2) is 34.6 Å². The second-order valence-corrected chi connectivity index (χ2v) is 7.15. The number of nitrogens with zero attached hydrogens (tertiary/aromatic N) is 2. The summed E-state index contributed by atoms with van der Waals surface area (Å²) in [6, 6.07) is 7.18. The van der Waals surface area contributed by atoms with Crippen molar-refractivity contribution >= 4 is 47.2 Å². The SMILES string of the molecule is CCCCNC(=O)c1ccc(CNC(=NC)NCc2nc(C(F)(F)F)cs2)cc1.I. The molecule has 2 rings (SSSR count). The lowest BCUT2D eigenvalue weighted by Crippen LogP contribution is -2.36. The van der Waals surface area contributed by atoms with Crippen LogP contribution < -0.4 is 16.0 Å². The van der Waals surface area contributed by atoms with Gasteiger partial charge in [0, 0.05) is 31.1 Å². The van der Waals surface area contributed by atoms with Gasteiger partial charge in [0.2, 0.25) is 0 Å². The number of benzene rings is 1. The number of carbonyl (C=O) groups excluding carboxylic acids is 1. The van der Waals surface area contributed by atoms with E-state index in [0.717, 1.165) is 35.1 Å². The van der Waals surface area contributed by atoms with Crippen molar-refractivity contribution in [2.24, 2.45) is 4.99 Å². The van der Waals surface area contributed by atoms with Crippen molar-refractivity contribution < 1.29 is 18.0 Å². The van der Waals surface area contributed by atoms with E-state index in [-0.39, 0.29) is 36.4 Å². The van der Waals surface area contributed by atoms with Crippen molar-refractivity contribution in [1.29, 1.82) is 0 Å². The van der Waals surface area contributed by atoms with Gasteiger partial charge in [-0.25, -0.2) is 4.98 Å². The first-order valence-electron chi connectivity index (χ1n) is 9.16. The first kappa shape index (κ1) is 26.1. The van der Waals surface area contributed by atoms with Gasteiger partial charge in [-0.2, -0.15) is 13.2 Å². The van der Waals surface area contributed by atoms with Crippen LogP contribution in [-0.2, 0) is 19.3 Å². The van der Waals surface area contributed by atoms with E-state index >= 15 is 0 Å². The Morgan fingerprint density at radius 1 is 1.13 bits per heavy atom. The van der Waals surface area contributed by atoms with E-state index in [1.165, 1.54) is 0 Å². The van der Waals surface area contributed by atoms with Crippen LogP contribution in [0.1, 0.15) is 46.4 Å². The zero-order valence-corrected chi connectivity index (χ0v) is 19.8. The quantitative estimate of drug-likeness (QED) is 0.198. The third-order valence-corrected chi connectivity index (χ3v) is 4.81. The standard InChI is InChI=1S/C19H24F3N5OS.HI/c1-3-4-9-24-17(28)14-7-5-13(6-8-14)10-25-18(23-2)26-11-16-27-15(12-29-16)19(20,21)22;/h5-8,12H,3-4,9-11H2,1-2H3,(H,24,28)(H2,23,25,26);1H. The fourth-order valence-electron chi connectivity index (χ4n) is 2.34. The fraction of sp³-hybridized carbons (Fsp3) is 0.421. The van der Waals surface area contributed by atoms with Crippen molar-refractivity contribution in [2.75, 3.05) is 13.6 Å². The smallest absolute Gasteiger partial charge is 0.352 e. The number of unbranched alkanes of at least 4 members (excludes halogenated alkanes) is 1. The molecule has 0 fully saturated rings. The minimum atomic E-state index is -4.44. The molecular formula is C19H25F3IN5OS. The minimum absolute atomic E-state index is 0. The van der Waals surface area contributed by atoms with Crippen molar-refractivity contribution in [3.8, 4) is 0 Å². The summed E-state index contributed by atoms with van der Waals surface area (Å²) in [7, 11) is 1.57. The molecule has 0 saturated carbocycles. The monoisotopic (exact) mass is 555 g/mol. The molecule has 166 valence electrons. The highest BCUT2D eigenvalue weighted by Crippen LogP contribution is 2.29. The van der Waals surface area contributed by atoms with Gasteiger partial charge >= 0.3 is 6.18 Å². The minimum Gasteiger partial charge on any atom is -0.352 e. The van der Waals surface area contributed by atoms with E-state index < -0.39 is 11.9 Å². The molecule has 1 amide bonds. The number of guanidine groups is 1. The Balaban J connectivity index is 0.00000450. The van der Waals surface area contributed by atoms with Gasteiger partial charge < -0.3 is 16.0 Å². The predicted octanol–water partition coefficient (Wildman–Crippen LogP) is 4.18. The molecule has 3 N–H and O–H groups in total. The summed E-state index contributed by atoms with van der Waals surface area (Å²) in [5.41, 5.74) is 0.643. The van der Waals surface area contributed by atoms with Gasteiger partial charge in [-0.3, -0.25) is 9.79 Å². The molecule has 1 aromatic carbocycles. The molecule has 0 spiro atoms. The molecule has 2 aromatic rings. The zero-order chi connectivity index (χ0) is 21.3. The molecule has 0 atom stereocenters. The van der Waals surface area contributed by atoms with Gasteiger partial charge in [0.15, 0.2) is 11.7 Å². The highest BCUT2D eigenvalue weighted by molar-refractivity contribution is 14.0. The number of alkyl halides is 3. The van der Waals surface area contributed by atoms with Crippen LogP contribution in [-0.4, -0.2) is 30.4 Å². The number of amides is 1. The number of aromatic nitrogens is 1. The molecule has 6 nitrogen and oxygen atoms in total.